The zero-order valence-electron chi connectivity index (χ0n) is 53.2. The predicted octanol–water partition coefficient (Wildman–Crippen LogP) is 8.10. The number of rotatable bonds is 49. The highest BCUT2D eigenvalue weighted by molar-refractivity contribution is 5.76. The number of ether oxygens (including phenoxy) is 6. The van der Waals surface area contributed by atoms with E-state index in [4.69, 9.17) is 28.4 Å². The van der Waals surface area contributed by atoms with Crippen molar-refractivity contribution in [1.82, 2.24) is 5.32 Å². The predicted molar refractivity (Wildman–Crippen MR) is 341 cm³/mol. The van der Waals surface area contributed by atoms with Gasteiger partial charge in [-0.15, -0.1) is 0 Å². The van der Waals surface area contributed by atoms with E-state index >= 15 is 0 Å². The zero-order valence-corrected chi connectivity index (χ0v) is 53.2. The fourth-order valence-corrected chi connectivity index (χ4v) is 10.7. The van der Waals surface area contributed by atoms with Gasteiger partial charge < -0.3 is 89.9 Å². The first-order chi connectivity index (χ1) is 42.8. The molecule has 3 aliphatic rings. The molecule has 1 amide bonds. The molecule has 17 atom stereocenters. The van der Waals surface area contributed by atoms with Crippen molar-refractivity contribution < 1.29 is 89.4 Å². The molecule has 12 N–H and O–H groups in total. The van der Waals surface area contributed by atoms with Crippen molar-refractivity contribution >= 4 is 5.91 Å². The Labute approximate surface area is 526 Å². The summed E-state index contributed by atoms with van der Waals surface area (Å²) < 4.78 is 34.3. The Hall–Kier alpha value is -3.29. The van der Waals surface area contributed by atoms with Crippen molar-refractivity contribution in [3.05, 3.63) is 97.2 Å². The van der Waals surface area contributed by atoms with Gasteiger partial charge in [0.1, 0.15) is 73.2 Å². The molecular formula is C69H117NO18. The lowest BCUT2D eigenvalue weighted by molar-refractivity contribution is -0.379. The molecule has 0 spiro atoms. The fraction of sp³-hybridized carbons (Fsp3) is 0.754. The summed E-state index contributed by atoms with van der Waals surface area (Å²) in [5, 5.41) is 120. The van der Waals surface area contributed by atoms with Crippen LogP contribution in [-0.4, -0.2) is 193 Å². The molecule has 0 aliphatic carbocycles. The molecule has 3 aliphatic heterocycles. The summed E-state index contributed by atoms with van der Waals surface area (Å²) >= 11 is 0. The third kappa shape index (κ3) is 32.3. The van der Waals surface area contributed by atoms with Crippen LogP contribution in [0.4, 0.5) is 0 Å². The number of aliphatic hydroxyl groups is 11. The first-order valence-corrected chi connectivity index (χ1v) is 33.5. The molecule has 19 heteroatoms. The lowest BCUT2D eigenvalue weighted by atomic mass is 9.96. The Morgan fingerprint density at radius 2 is 0.795 bits per heavy atom. The average Bonchev–Trinajstić information content (AvgIpc) is 3.71. The van der Waals surface area contributed by atoms with Crippen LogP contribution in [0.2, 0.25) is 0 Å². The second-order valence-corrected chi connectivity index (χ2v) is 23.5. The van der Waals surface area contributed by atoms with Crippen molar-refractivity contribution in [3.8, 4) is 0 Å². The molecular weight excluding hydrogens is 1130 g/mol. The lowest BCUT2D eigenvalue weighted by Crippen LogP contribution is -2.66. The summed E-state index contributed by atoms with van der Waals surface area (Å²) in [5.74, 6) is -0.305. The molecule has 0 saturated carbocycles. The highest BCUT2D eigenvalue weighted by atomic mass is 16.8. The monoisotopic (exact) mass is 1250 g/mol. The minimum Gasteiger partial charge on any atom is -0.394 e. The van der Waals surface area contributed by atoms with Gasteiger partial charge in [0, 0.05) is 6.42 Å². The molecule has 506 valence electrons. The van der Waals surface area contributed by atoms with Gasteiger partial charge in [-0.3, -0.25) is 4.79 Å². The molecule has 0 radical (unpaired) electrons. The maximum absolute atomic E-state index is 13.4. The molecule has 19 nitrogen and oxygen atoms in total. The van der Waals surface area contributed by atoms with Crippen LogP contribution >= 0.6 is 0 Å². The summed E-state index contributed by atoms with van der Waals surface area (Å²) in [7, 11) is 0. The molecule has 3 heterocycles. The van der Waals surface area contributed by atoms with E-state index in [1.165, 1.54) is 64.2 Å². The van der Waals surface area contributed by atoms with E-state index in [1.54, 1.807) is 6.08 Å². The Bertz CT molecular complexity index is 1970. The van der Waals surface area contributed by atoms with Crippen LogP contribution in [0, 0.1) is 0 Å². The number of hydrogen-bond donors (Lipinski definition) is 12. The average molecular weight is 1250 g/mol. The van der Waals surface area contributed by atoms with E-state index in [0.29, 0.717) is 12.8 Å². The van der Waals surface area contributed by atoms with Gasteiger partial charge in [0.25, 0.3) is 0 Å². The lowest BCUT2D eigenvalue weighted by Gasteiger charge is -2.48. The van der Waals surface area contributed by atoms with Gasteiger partial charge in [0.05, 0.1) is 38.6 Å². The van der Waals surface area contributed by atoms with Gasteiger partial charge in [-0.05, 0) is 89.9 Å². The highest BCUT2D eigenvalue weighted by Crippen LogP contribution is 2.33. The van der Waals surface area contributed by atoms with E-state index < -0.39 is 124 Å². The number of nitrogens with one attached hydrogen (secondary N) is 1. The number of carbonyl (C=O) groups is 1. The Balaban J connectivity index is 1.49. The van der Waals surface area contributed by atoms with Gasteiger partial charge in [0.2, 0.25) is 5.91 Å². The van der Waals surface area contributed by atoms with Gasteiger partial charge in [0.15, 0.2) is 18.9 Å². The number of carbonyl (C=O) groups excluding carboxylic acids is 1. The number of aliphatic hydroxyl groups excluding tert-OH is 11. The van der Waals surface area contributed by atoms with Crippen molar-refractivity contribution in [3.63, 3.8) is 0 Å². The van der Waals surface area contributed by atoms with Crippen LogP contribution in [0.3, 0.4) is 0 Å². The highest BCUT2D eigenvalue weighted by Gasteiger charge is 2.53. The van der Waals surface area contributed by atoms with Gasteiger partial charge >= 0.3 is 0 Å². The molecule has 0 aromatic rings. The Kier molecular flexibility index (Phi) is 45.1. The number of amides is 1. The SMILES string of the molecule is CC/C=C\C/C=C\C/C=C\C/C=C\C/C=C\CCCCCCCCCC(=O)NC(COC1OC(CO)C(OC2OC(CO)C(OC3OC(CO)C(O)C(O)C3O)C(O)C2O)C(O)C1O)C(O)/C=C/CC/C=C/CC/C=C/CCCCCCCCCCCC. The topological polar surface area (TPSA) is 307 Å². The normalized spacial score (nSPS) is 29.0. The molecule has 3 rings (SSSR count). The van der Waals surface area contributed by atoms with Gasteiger partial charge in [-0.2, -0.15) is 0 Å². The van der Waals surface area contributed by atoms with E-state index in [2.05, 4.69) is 104 Å². The van der Waals surface area contributed by atoms with Crippen LogP contribution in [0.25, 0.3) is 0 Å². The summed E-state index contributed by atoms with van der Waals surface area (Å²) in [4.78, 5) is 13.4. The van der Waals surface area contributed by atoms with Crippen molar-refractivity contribution in [2.45, 2.75) is 304 Å². The molecule has 3 fully saturated rings. The quantitative estimate of drug-likeness (QED) is 0.0202. The van der Waals surface area contributed by atoms with E-state index in [1.807, 2.05) is 6.08 Å². The first kappa shape index (κ1) is 78.9. The van der Waals surface area contributed by atoms with Gasteiger partial charge in [-0.1, -0.05) is 201 Å². The molecule has 88 heavy (non-hydrogen) atoms. The largest absolute Gasteiger partial charge is 0.394 e. The Morgan fingerprint density at radius 3 is 1.27 bits per heavy atom. The third-order valence-corrected chi connectivity index (χ3v) is 16.1. The first-order valence-electron chi connectivity index (χ1n) is 33.5. The molecule has 3 saturated heterocycles. The fourth-order valence-electron chi connectivity index (χ4n) is 10.7. The summed E-state index contributed by atoms with van der Waals surface area (Å²) in [6.07, 6.45) is 38.0. The summed E-state index contributed by atoms with van der Waals surface area (Å²) in [5.41, 5.74) is 0. The van der Waals surface area contributed by atoms with Crippen LogP contribution in [0.1, 0.15) is 200 Å². The standard InChI is InChI=1S/C69H117NO18/c1-3-5-7-9-11-13-15-17-19-21-23-25-26-27-29-31-33-35-37-39-41-43-45-47-57(75)70-52(53(74)46-44-42-40-38-36-34-32-30-28-24-22-20-18-16-14-12-10-8-6-4-2)51-83-67-63(81)60(78)65(55(49-72)85-67)88-69-64(82)61(79)66(56(50-73)86-69)87-68-62(80)59(77)58(76)54(48-71)84-68/h5,7,11,13,17,19,23,25,27-30,36,38,44,46,52-56,58-69,71-74,76-82H,3-4,6,8-10,12,14-16,18,20-22,24,26,31-35,37,39-43,45,47-51H2,1-2H3,(H,70,75)/b7-5-,13-11-,19-17-,25-23-,29-27-,30-28+,38-36+,46-44+. The molecule has 17 unspecified atom stereocenters. The van der Waals surface area contributed by atoms with Crippen LogP contribution < -0.4 is 5.32 Å². The second-order valence-electron chi connectivity index (χ2n) is 23.5. The number of allylic oxidation sites excluding steroid dienone is 15. The smallest absolute Gasteiger partial charge is 0.220 e. The van der Waals surface area contributed by atoms with Crippen LogP contribution in [-0.2, 0) is 33.2 Å². The zero-order chi connectivity index (χ0) is 64.0. The number of unbranched alkanes of at least 4 members (excludes halogenated alkanes) is 19. The number of hydrogen-bond acceptors (Lipinski definition) is 18. The summed E-state index contributed by atoms with van der Waals surface area (Å²) in [6, 6.07) is -1.01. The van der Waals surface area contributed by atoms with E-state index in [-0.39, 0.29) is 18.9 Å². The van der Waals surface area contributed by atoms with Crippen molar-refractivity contribution in [1.29, 1.82) is 0 Å². The Morgan fingerprint density at radius 1 is 0.420 bits per heavy atom. The summed E-state index contributed by atoms with van der Waals surface area (Å²) in [6.45, 7) is 1.57. The second kappa shape index (κ2) is 50.3. The maximum Gasteiger partial charge on any atom is 0.220 e. The van der Waals surface area contributed by atoms with Crippen molar-refractivity contribution in [2.75, 3.05) is 26.4 Å². The van der Waals surface area contributed by atoms with E-state index in [0.717, 1.165) is 103 Å². The van der Waals surface area contributed by atoms with Gasteiger partial charge in [-0.25, -0.2) is 0 Å². The maximum atomic E-state index is 13.4. The minimum absolute atomic E-state index is 0.213. The molecule has 0 aromatic heterocycles. The van der Waals surface area contributed by atoms with Crippen molar-refractivity contribution in [2.24, 2.45) is 0 Å². The van der Waals surface area contributed by atoms with Crippen LogP contribution in [0.5, 0.6) is 0 Å². The van der Waals surface area contributed by atoms with E-state index in [9.17, 15) is 61.0 Å². The molecule has 0 aromatic carbocycles. The van der Waals surface area contributed by atoms with Crippen LogP contribution in [0.15, 0.2) is 97.2 Å². The third-order valence-electron chi connectivity index (χ3n) is 16.1. The molecule has 0 bridgehead atoms. The minimum atomic E-state index is -1.99.